The van der Waals surface area contributed by atoms with Gasteiger partial charge in [0.1, 0.15) is 35.4 Å². The number of hydrogen-bond acceptors (Lipinski definition) is 5. The molecule has 4 aromatic rings. The number of hydrogen-bond donors (Lipinski definition) is 1. The zero-order valence-corrected chi connectivity index (χ0v) is 20.1. The molecule has 6 nitrogen and oxygen atoms in total. The van der Waals surface area contributed by atoms with Crippen molar-refractivity contribution in [3.8, 4) is 22.9 Å². The fourth-order valence-corrected chi connectivity index (χ4v) is 5.23. The molecule has 1 saturated carbocycles. The van der Waals surface area contributed by atoms with E-state index in [2.05, 4.69) is 9.83 Å². The summed E-state index contributed by atoms with van der Waals surface area (Å²) in [6, 6.07) is 11.6. The zero-order valence-electron chi connectivity index (χ0n) is 19.3. The van der Waals surface area contributed by atoms with E-state index in [-0.39, 0.29) is 0 Å². The Hall–Kier alpha value is -3.83. The number of halogens is 1. The summed E-state index contributed by atoms with van der Waals surface area (Å²) in [4.78, 5) is 8.85. The lowest BCUT2D eigenvalue weighted by Gasteiger charge is -2.10. The Kier molecular flexibility index (Phi) is 6.43. The van der Waals surface area contributed by atoms with Crippen LogP contribution in [0.4, 0.5) is 15.9 Å². The van der Waals surface area contributed by atoms with E-state index in [1.165, 1.54) is 25.0 Å². The van der Waals surface area contributed by atoms with Crippen molar-refractivity contribution in [2.45, 2.75) is 45.1 Å². The second kappa shape index (κ2) is 9.80. The van der Waals surface area contributed by atoms with Crippen LogP contribution in [-0.4, -0.2) is 9.55 Å². The van der Waals surface area contributed by atoms with Gasteiger partial charge in [-0.25, -0.2) is 9.37 Å². The number of nitrogen functional groups attached to an aromatic ring is 1. The van der Waals surface area contributed by atoms with Gasteiger partial charge in [-0.2, -0.15) is 0 Å². The van der Waals surface area contributed by atoms with Crippen LogP contribution in [0.2, 0.25) is 0 Å². The van der Waals surface area contributed by atoms with E-state index < -0.39 is 5.82 Å². The molecular weight excluding hydrogens is 463 g/mol. The van der Waals surface area contributed by atoms with Crippen molar-refractivity contribution in [3.63, 3.8) is 0 Å². The highest BCUT2D eigenvalue weighted by Gasteiger charge is 2.25. The van der Waals surface area contributed by atoms with Crippen LogP contribution in [0.5, 0.6) is 17.2 Å². The highest BCUT2D eigenvalue weighted by Crippen LogP contribution is 2.42. The molecule has 2 aromatic heterocycles. The lowest BCUT2D eigenvalue weighted by molar-refractivity contribution is 0.306. The number of aryl methyl sites for hydroxylation is 1. The normalized spacial score (nSPS) is 13.6. The molecule has 8 heteroatoms. The van der Waals surface area contributed by atoms with Crippen molar-refractivity contribution in [3.05, 3.63) is 87.5 Å². The molecule has 0 bridgehead atoms. The van der Waals surface area contributed by atoms with Crippen LogP contribution < -0.4 is 15.2 Å². The lowest BCUT2D eigenvalue weighted by Crippen LogP contribution is -1.95. The summed E-state index contributed by atoms with van der Waals surface area (Å²) in [5.41, 5.74) is 8.81. The van der Waals surface area contributed by atoms with Crippen LogP contribution in [0.15, 0.2) is 54.9 Å². The van der Waals surface area contributed by atoms with Gasteiger partial charge in [0.05, 0.1) is 21.8 Å². The largest absolute Gasteiger partial charge is 0.488 e. The summed E-state index contributed by atoms with van der Waals surface area (Å²) in [5.74, 6) is 1.67. The maximum Gasteiger partial charge on any atom is 0.258 e. The van der Waals surface area contributed by atoms with Crippen molar-refractivity contribution in [1.82, 2.24) is 9.55 Å². The highest BCUT2D eigenvalue weighted by molar-refractivity contribution is 7.11. The molecule has 1 aliphatic rings. The summed E-state index contributed by atoms with van der Waals surface area (Å²) >= 11 is 1.54. The number of thiazole rings is 1. The molecule has 178 valence electrons. The predicted molar refractivity (Wildman–Crippen MR) is 135 cm³/mol. The van der Waals surface area contributed by atoms with Gasteiger partial charge >= 0.3 is 0 Å². The molecule has 0 atom stereocenters. The fourth-order valence-electron chi connectivity index (χ4n) is 4.52. The first-order valence-electron chi connectivity index (χ1n) is 11.5. The third-order valence-electron chi connectivity index (χ3n) is 6.19. The third kappa shape index (κ3) is 5.00. The standard InChI is InChI=1S/C27H25FN4O2S/c1-17-31-14-24(35-17)16-33-22-11-19(28)12-23(13-22)34-21-9-7-20(8-10-21)32-15-25(18-5-3-4-6-18)26(29)27(32)30-2/h7-15,18H,3-6,16,29H2,1H3. The van der Waals surface area contributed by atoms with Crippen molar-refractivity contribution in [1.29, 1.82) is 0 Å². The van der Waals surface area contributed by atoms with Gasteiger partial charge in [0, 0.05) is 30.0 Å². The van der Waals surface area contributed by atoms with Crippen LogP contribution in [0.1, 0.15) is 47.0 Å². The van der Waals surface area contributed by atoms with Gasteiger partial charge in [0.25, 0.3) is 5.82 Å². The maximum atomic E-state index is 14.2. The Morgan fingerprint density at radius 3 is 2.57 bits per heavy atom. The third-order valence-corrected chi connectivity index (χ3v) is 7.08. The van der Waals surface area contributed by atoms with Gasteiger partial charge in [-0.15, -0.1) is 11.3 Å². The second-order valence-electron chi connectivity index (χ2n) is 8.64. The van der Waals surface area contributed by atoms with Gasteiger partial charge in [0.2, 0.25) is 0 Å². The maximum absolute atomic E-state index is 14.2. The van der Waals surface area contributed by atoms with Gasteiger partial charge < -0.3 is 20.1 Å². The number of ether oxygens (including phenoxy) is 2. The first-order valence-corrected chi connectivity index (χ1v) is 12.3. The number of benzene rings is 2. The molecule has 0 spiro atoms. The zero-order chi connectivity index (χ0) is 24.4. The van der Waals surface area contributed by atoms with Gasteiger partial charge in [-0.3, -0.25) is 4.57 Å². The molecule has 0 radical (unpaired) electrons. The predicted octanol–water partition coefficient (Wildman–Crippen LogP) is 7.54. The average molecular weight is 489 g/mol. The van der Waals surface area contributed by atoms with Gasteiger partial charge in [0.15, 0.2) is 0 Å². The van der Waals surface area contributed by atoms with Crippen LogP contribution in [0.3, 0.4) is 0 Å². The Morgan fingerprint density at radius 2 is 1.89 bits per heavy atom. The van der Waals surface area contributed by atoms with E-state index in [4.69, 9.17) is 21.8 Å². The summed E-state index contributed by atoms with van der Waals surface area (Å²) in [7, 11) is 0. The smallest absolute Gasteiger partial charge is 0.258 e. The Bertz CT molecular complexity index is 1380. The van der Waals surface area contributed by atoms with Crippen molar-refractivity contribution in [2.24, 2.45) is 0 Å². The molecular formula is C27H25FN4O2S. The molecule has 2 N–H and O–H groups in total. The van der Waals surface area contributed by atoms with Crippen LogP contribution in [-0.2, 0) is 6.61 Å². The lowest BCUT2D eigenvalue weighted by atomic mass is 9.99. The van der Waals surface area contributed by atoms with Crippen LogP contribution >= 0.6 is 11.3 Å². The number of nitrogens with zero attached hydrogens (tertiary/aromatic N) is 3. The molecule has 1 aliphatic carbocycles. The summed E-state index contributed by atoms with van der Waals surface area (Å²) < 4.78 is 27.6. The average Bonchev–Trinajstić information content (AvgIpc) is 3.58. The van der Waals surface area contributed by atoms with E-state index in [0.717, 1.165) is 34.0 Å². The van der Waals surface area contributed by atoms with Crippen molar-refractivity contribution in [2.75, 3.05) is 5.73 Å². The minimum absolute atomic E-state index is 0.315. The van der Waals surface area contributed by atoms with Crippen molar-refractivity contribution >= 4 is 22.8 Å². The Labute approximate surface area is 207 Å². The molecule has 0 aliphatic heterocycles. The molecule has 0 amide bonds. The molecule has 0 unspecified atom stereocenters. The Morgan fingerprint density at radius 1 is 1.14 bits per heavy atom. The molecule has 2 heterocycles. The van der Waals surface area contributed by atoms with E-state index in [1.807, 2.05) is 29.8 Å². The molecule has 2 aromatic carbocycles. The van der Waals surface area contributed by atoms with Gasteiger partial charge in [-0.05, 0) is 49.9 Å². The molecule has 35 heavy (non-hydrogen) atoms. The van der Waals surface area contributed by atoms with E-state index in [9.17, 15) is 4.39 Å². The number of anilines is 1. The Balaban J connectivity index is 1.32. The summed E-state index contributed by atoms with van der Waals surface area (Å²) in [6.45, 7) is 9.87. The molecule has 0 saturated heterocycles. The van der Waals surface area contributed by atoms with E-state index >= 15 is 0 Å². The number of aromatic nitrogens is 2. The number of nitrogens with two attached hydrogens (primary N) is 1. The highest BCUT2D eigenvalue weighted by atomic mass is 32.1. The van der Waals surface area contributed by atoms with E-state index in [0.29, 0.717) is 41.3 Å². The SMILES string of the molecule is [C-]#[N+]c1c(N)c(C2CCCC2)cn1-c1ccc(Oc2cc(F)cc(OCc3cnc(C)s3)c2)cc1. The molecule has 1 fully saturated rings. The minimum Gasteiger partial charge on any atom is -0.488 e. The fraction of sp³-hybridized carbons (Fsp3) is 0.259. The first kappa shape index (κ1) is 22.9. The minimum atomic E-state index is -0.446. The summed E-state index contributed by atoms with van der Waals surface area (Å²) in [6.07, 6.45) is 8.38. The number of rotatable bonds is 7. The summed E-state index contributed by atoms with van der Waals surface area (Å²) in [5, 5.41) is 0.955. The van der Waals surface area contributed by atoms with E-state index in [1.54, 1.807) is 35.7 Å². The second-order valence-corrected chi connectivity index (χ2v) is 9.96. The van der Waals surface area contributed by atoms with Crippen LogP contribution in [0, 0.1) is 19.3 Å². The molecule has 5 rings (SSSR count). The first-order chi connectivity index (χ1) is 17.0. The quantitative estimate of drug-likeness (QED) is 0.273. The van der Waals surface area contributed by atoms with Gasteiger partial charge in [-0.1, -0.05) is 19.4 Å². The van der Waals surface area contributed by atoms with Crippen molar-refractivity contribution < 1.29 is 13.9 Å². The topological polar surface area (TPSA) is 66.7 Å². The van der Waals surface area contributed by atoms with Crippen LogP contribution in [0.25, 0.3) is 10.5 Å². The monoisotopic (exact) mass is 488 g/mol.